The van der Waals surface area contributed by atoms with Crippen molar-refractivity contribution in [2.45, 2.75) is 27.2 Å². The summed E-state index contributed by atoms with van der Waals surface area (Å²) in [5.74, 6) is 1.28. The first-order valence-electron chi connectivity index (χ1n) is 10.0. The van der Waals surface area contributed by atoms with E-state index in [0.29, 0.717) is 25.6 Å². The van der Waals surface area contributed by atoms with E-state index in [9.17, 15) is 4.79 Å². The van der Waals surface area contributed by atoms with Gasteiger partial charge in [0.1, 0.15) is 24.8 Å². The van der Waals surface area contributed by atoms with Crippen LogP contribution in [0.5, 0.6) is 11.5 Å². The summed E-state index contributed by atoms with van der Waals surface area (Å²) >= 11 is 0. The first-order chi connectivity index (χ1) is 15.1. The maximum atomic E-state index is 12.2. The van der Waals surface area contributed by atoms with Crippen LogP contribution in [0.25, 0.3) is 6.08 Å². The van der Waals surface area contributed by atoms with Gasteiger partial charge in [0.2, 0.25) is 5.91 Å². The molecule has 0 aliphatic heterocycles. The monoisotopic (exact) mass is 421 g/mol. The Balaban J connectivity index is 1.61. The molecule has 31 heavy (non-hydrogen) atoms. The van der Waals surface area contributed by atoms with Gasteiger partial charge in [0, 0.05) is 18.2 Å². The van der Waals surface area contributed by atoms with Crippen LogP contribution in [0.4, 0.5) is 5.69 Å². The van der Waals surface area contributed by atoms with E-state index in [0.717, 1.165) is 22.6 Å². The minimum atomic E-state index is -0.246. The third-order valence-electron chi connectivity index (χ3n) is 4.48. The van der Waals surface area contributed by atoms with Crippen LogP contribution >= 0.6 is 0 Å². The topological polar surface area (TPSA) is 74.6 Å². The second kappa shape index (κ2) is 11.0. The minimum Gasteiger partial charge on any atom is -0.496 e. The van der Waals surface area contributed by atoms with Crippen molar-refractivity contribution in [2.75, 3.05) is 19.0 Å². The summed E-state index contributed by atoms with van der Waals surface area (Å²) in [7, 11) is 1.62. The van der Waals surface area contributed by atoms with Gasteiger partial charge in [0.25, 0.3) is 0 Å². The van der Waals surface area contributed by atoms with E-state index in [1.807, 2.05) is 56.3 Å². The molecule has 0 radical (unpaired) electrons. The third kappa shape index (κ3) is 6.72. The number of nitrogens with one attached hydrogen (secondary N) is 1. The molecule has 1 aromatic heterocycles. The van der Waals surface area contributed by atoms with Gasteiger partial charge >= 0.3 is 0 Å². The number of amides is 1. The maximum Gasteiger partial charge on any atom is 0.248 e. The molecular weight excluding hydrogens is 394 g/mol. The summed E-state index contributed by atoms with van der Waals surface area (Å²) in [5.41, 5.74) is 3.54. The van der Waals surface area contributed by atoms with Crippen molar-refractivity contribution in [3.63, 3.8) is 0 Å². The first kappa shape index (κ1) is 22.1. The Morgan fingerprint density at radius 2 is 2.00 bits per heavy atom. The van der Waals surface area contributed by atoms with Crippen molar-refractivity contribution >= 4 is 17.7 Å². The van der Waals surface area contributed by atoms with Gasteiger partial charge in [-0.1, -0.05) is 23.8 Å². The Kier molecular flexibility index (Phi) is 7.84. The summed E-state index contributed by atoms with van der Waals surface area (Å²) in [5, 5.41) is 6.91. The number of carbonyl (C=O) groups excluding carboxylic acids is 1. The van der Waals surface area contributed by atoms with Gasteiger partial charge in [0.15, 0.2) is 0 Å². The molecule has 0 fully saturated rings. The van der Waals surface area contributed by atoms with Gasteiger partial charge in [-0.25, -0.2) is 4.68 Å². The maximum absolute atomic E-state index is 12.2. The van der Waals surface area contributed by atoms with Crippen molar-refractivity contribution in [2.24, 2.45) is 0 Å². The van der Waals surface area contributed by atoms with Crippen LogP contribution in [0.15, 0.2) is 60.9 Å². The molecule has 0 aliphatic carbocycles. The molecule has 7 heteroatoms. The van der Waals surface area contributed by atoms with Gasteiger partial charge < -0.3 is 19.5 Å². The number of aryl methyl sites for hydroxylation is 1. The second-order valence-electron chi connectivity index (χ2n) is 6.89. The summed E-state index contributed by atoms with van der Waals surface area (Å²) in [6.07, 6.45) is 6.52. The van der Waals surface area contributed by atoms with Crippen LogP contribution in [0.3, 0.4) is 0 Å². The lowest BCUT2D eigenvalue weighted by Crippen LogP contribution is -2.07. The molecule has 0 saturated carbocycles. The number of methoxy groups -OCH3 is 1. The normalized spacial score (nSPS) is 10.9. The lowest BCUT2D eigenvalue weighted by molar-refractivity contribution is -0.111. The number of hydrogen-bond acceptors (Lipinski definition) is 5. The van der Waals surface area contributed by atoms with Crippen molar-refractivity contribution in [1.29, 1.82) is 0 Å². The molecule has 0 aliphatic rings. The van der Waals surface area contributed by atoms with Crippen LogP contribution in [0.2, 0.25) is 0 Å². The average molecular weight is 421 g/mol. The van der Waals surface area contributed by atoms with Gasteiger partial charge in [-0.05, 0) is 49.8 Å². The van der Waals surface area contributed by atoms with E-state index in [4.69, 9.17) is 14.2 Å². The zero-order chi connectivity index (χ0) is 22.1. The smallest absolute Gasteiger partial charge is 0.248 e. The number of anilines is 1. The molecule has 1 heterocycles. The number of hydrogen-bond donors (Lipinski definition) is 1. The number of rotatable bonds is 10. The Morgan fingerprint density at radius 3 is 2.74 bits per heavy atom. The molecule has 1 N–H and O–H groups in total. The van der Waals surface area contributed by atoms with Gasteiger partial charge in [0.05, 0.1) is 25.2 Å². The fourth-order valence-electron chi connectivity index (χ4n) is 2.85. The molecule has 0 saturated heterocycles. The Hall–Kier alpha value is -3.58. The molecule has 3 rings (SSSR count). The van der Waals surface area contributed by atoms with Crippen LogP contribution in [0, 0.1) is 6.92 Å². The van der Waals surface area contributed by atoms with Gasteiger partial charge in [-0.3, -0.25) is 4.79 Å². The predicted molar refractivity (Wildman–Crippen MR) is 120 cm³/mol. The standard InChI is InChI=1S/C24H27N3O4/c1-4-30-17-27-15-21(14-25-27)26-24(28)12-8-19-7-11-23(29-3)20(13-19)16-31-22-9-5-18(2)6-10-22/h5-15H,4,16-17H2,1-3H3,(H,26,28)/b12-8+. The van der Waals surface area contributed by atoms with Crippen molar-refractivity contribution < 1.29 is 19.0 Å². The molecule has 0 unspecified atom stereocenters. The number of benzene rings is 2. The number of nitrogens with zero attached hydrogens (tertiary/aromatic N) is 2. The minimum absolute atomic E-state index is 0.246. The van der Waals surface area contributed by atoms with E-state index in [1.165, 1.54) is 11.6 Å². The lowest BCUT2D eigenvalue weighted by atomic mass is 10.1. The highest BCUT2D eigenvalue weighted by Gasteiger charge is 2.06. The fourth-order valence-corrected chi connectivity index (χ4v) is 2.85. The zero-order valence-electron chi connectivity index (χ0n) is 18.0. The first-order valence-corrected chi connectivity index (χ1v) is 10.0. The Bertz CT molecular complexity index is 1030. The third-order valence-corrected chi connectivity index (χ3v) is 4.48. The molecule has 2 aromatic carbocycles. The predicted octanol–water partition coefficient (Wildman–Crippen LogP) is 4.43. The van der Waals surface area contributed by atoms with Crippen LogP contribution in [0.1, 0.15) is 23.6 Å². The van der Waals surface area contributed by atoms with Crippen molar-refractivity contribution in [1.82, 2.24) is 9.78 Å². The van der Waals surface area contributed by atoms with Gasteiger partial charge in [-0.15, -0.1) is 0 Å². The number of aromatic nitrogens is 2. The molecule has 0 spiro atoms. The molecule has 162 valence electrons. The summed E-state index contributed by atoms with van der Waals surface area (Å²) in [6, 6.07) is 13.6. The van der Waals surface area contributed by atoms with E-state index in [-0.39, 0.29) is 5.91 Å². The Morgan fingerprint density at radius 1 is 1.19 bits per heavy atom. The molecule has 0 atom stereocenters. The molecular formula is C24H27N3O4. The quantitative estimate of drug-likeness (QED) is 0.491. The van der Waals surface area contributed by atoms with E-state index in [2.05, 4.69) is 10.4 Å². The largest absolute Gasteiger partial charge is 0.496 e. The molecule has 1 amide bonds. The summed E-state index contributed by atoms with van der Waals surface area (Å²) < 4.78 is 18.2. The highest BCUT2D eigenvalue weighted by Crippen LogP contribution is 2.23. The number of ether oxygens (including phenoxy) is 3. The van der Waals surface area contributed by atoms with Crippen LogP contribution in [-0.2, 0) is 22.9 Å². The SMILES string of the molecule is CCOCn1cc(NC(=O)/C=C/c2ccc(OC)c(COc3ccc(C)cc3)c2)cn1. The van der Waals surface area contributed by atoms with Crippen molar-refractivity contribution in [3.8, 4) is 11.5 Å². The molecule has 7 nitrogen and oxygen atoms in total. The van der Waals surface area contributed by atoms with Crippen LogP contribution < -0.4 is 14.8 Å². The average Bonchev–Trinajstić information content (AvgIpc) is 3.23. The van der Waals surface area contributed by atoms with Crippen LogP contribution in [-0.4, -0.2) is 29.4 Å². The fraction of sp³-hybridized carbons (Fsp3) is 0.250. The summed E-state index contributed by atoms with van der Waals surface area (Å²) in [4.78, 5) is 12.2. The Labute approximate surface area is 182 Å². The highest BCUT2D eigenvalue weighted by molar-refractivity contribution is 6.01. The van der Waals surface area contributed by atoms with Crippen molar-refractivity contribution in [3.05, 3.63) is 77.6 Å². The van der Waals surface area contributed by atoms with Gasteiger partial charge in [-0.2, -0.15) is 5.10 Å². The lowest BCUT2D eigenvalue weighted by Gasteiger charge is -2.11. The second-order valence-corrected chi connectivity index (χ2v) is 6.89. The van der Waals surface area contributed by atoms with E-state index >= 15 is 0 Å². The number of carbonyl (C=O) groups is 1. The van der Waals surface area contributed by atoms with E-state index < -0.39 is 0 Å². The van der Waals surface area contributed by atoms with E-state index in [1.54, 1.807) is 30.3 Å². The zero-order valence-corrected chi connectivity index (χ0v) is 18.0. The molecule has 3 aromatic rings. The summed E-state index contributed by atoms with van der Waals surface area (Å²) in [6.45, 7) is 5.26. The molecule has 0 bridgehead atoms. The highest BCUT2D eigenvalue weighted by atomic mass is 16.5.